The molecule has 0 atom stereocenters. The zero-order valence-electron chi connectivity index (χ0n) is 7.77. The van der Waals surface area contributed by atoms with Gasteiger partial charge < -0.3 is 5.11 Å². The van der Waals surface area contributed by atoms with Crippen LogP contribution >= 0.6 is 34.8 Å². The first-order chi connectivity index (χ1) is 7.06. The van der Waals surface area contributed by atoms with Crippen molar-refractivity contribution in [3.63, 3.8) is 0 Å². The second-order valence-electron chi connectivity index (χ2n) is 3.00. The molecule has 0 amide bonds. The highest BCUT2D eigenvalue weighted by atomic mass is 35.5. The Morgan fingerprint density at radius 3 is 2.60 bits per heavy atom. The normalized spacial score (nSPS) is 10.3. The smallest absolute Gasteiger partial charge is 0.166 e. The highest BCUT2D eigenvalue weighted by Crippen LogP contribution is 2.31. The van der Waals surface area contributed by atoms with E-state index in [2.05, 4.69) is 0 Å². The number of ketones is 1. The van der Waals surface area contributed by atoms with Gasteiger partial charge in [-0.2, -0.15) is 0 Å². The van der Waals surface area contributed by atoms with Gasteiger partial charge in [0.15, 0.2) is 5.78 Å². The molecule has 1 aromatic rings. The van der Waals surface area contributed by atoms with Crippen LogP contribution in [-0.2, 0) is 0 Å². The molecular formula is C10H9Cl3O2. The number of alkyl halides is 1. The molecule has 0 radical (unpaired) electrons. The molecule has 0 heterocycles. The molecule has 2 nitrogen and oxygen atoms in total. The number of carbonyl (C=O) groups is 1. The third-order valence-electron chi connectivity index (χ3n) is 1.87. The van der Waals surface area contributed by atoms with Crippen molar-refractivity contribution >= 4 is 40.6 Å². The van der Waals surface area contributed by atoms with Crippen LogP contribution in [0.5, 0.6) is 5.75 Å². The molecular weight excluding hydrogens is 258 g/mol. The van der Waals surface area contributed by atoms with E-state index in [9.17, 15) is 9.90 Å². The summed E-state index contributed by atoms with van der Waals surface area (Å²) in [6.07, 6.45) is 0.831. The molecule has 0 bridgehead atoms. The van der Waals surface area contributed by atoms with Crippen molar-refractivity contribution in [1.82, 2.24) is 0 Å². The van der Waals surface area contributed by atoms with Gasteiger partial charge in [-0.05, 0) is 18.6 Å². The maximum Gasteiger partial charge on any atom is 0.166 e. The van der Waals surface area contributed by atoms with Crippen LogP contribution in [-0.4, -0.2) is 16.8 Å². The quantitative estimate of drug-likeness (QED) is 0.663. The summed E-state index contributed by atoms with van der Waals surface area (Å²) in [5, 5.41) is 9.95. The first-order valence-corrected chi connectivity index (χ1v) is 5.62. The minimum Gasteiger partial charge on any atom is -0.506 e. The summed E-state index contributed by atoms with van der Waals surface area (Å²) in [6, 6.07) is 2.79. The van der Waals surface area contributed by atoms with E-state index in [1.807, 2.05) is 0 Å². The number of Topliss-reactive ketones (excluding diaryl/α,β-unsaturated/α-hetero) is 1. The molecule has 5 heteroatoms. The second-order valence-corrected chi connectivity index (χ2v) is 4.22. The van der Waals surface area contributed by atoms with E-state index in [0.717, 1.165) is 0 Å². The van der Waals surface area contributed by atoms with E-state index in [1.165, 1.54) is 12.1 Å². The average Bonchev–Trinajstić information content (AvgIpc) is 2.19. The molecule has 15 heavy (non-hydrogen) atoms. The number of hydrogen-bond donors (Lipinski definition) is 1. The summed E-state index contributed by atoms with van der Waals surface area (Å²) >= 11 is 16.9. The van der Waals surface area contributed by atoms with Gasteiger partial charge in [0.1, 0.15) is 5.75 Å². The van der Waals surface area contributed by atoms with Gasteiger partial charge in [-0.1, -0.05) is 23.2 Å². The van der Waals surface area contributed by atoms with Crippen molar-refractivity contribution < 1.29 is 9.90 Å². The fourth-order valence-electron chi connectivity index (χ4n) is 1.14. The minimum absolute atomic E-state index is 0.0803. The molecule has 0 aromatic heterocycles. The molecule has 1 N–H and O–H groups in total. The van der Waals surface area contributed by atoms with E-state index in [-0.39, 0.29) is 28.5 Å². The molecule has 0 aliphatic carbocycles. The maximum absolute atomic E-state index is 11.6. The summed E-state index contributed by atoms with van der Waals surface area (Å²) in [7, 11) is 0. The molecule has 0 spiro atoms. The standard InChI is InChI=1S/C10H9Cl3O2/c11-3-1-2-9(14)7-4-6(12)5-8(13)10(7)15/h4-5,15H,1-3H2. The Morgan fingerprint density at radius 1 is 1.33 bits per heavy atom. The van der Waals surface area contributed by atoms with Gasteiger partial charge in [0, 0.05) is 17.3 Å². The third-order valence-corrected chi connectivity index (χ3v) is 2.64. The number of benzene rings is 1. The molecule has 0 aliphatic heterocycles. The lowest BCUT2D eigenvalue weighted by molar-refractivity contribution is 0.0979. The fraction of sp³-hybridized carbons (Fsp3) is 0.300. The molecule has 1 rings (SSSR count). The van der Waals surface area contributed by atoms with E-state index < -0.39 is 0 Å². The van der Waals surface area contributed by atoms with Crippen LogP contribution in [0.25, 0.3) is 0 Å². The average molecular weight is 268 g/mol. The van der Waals surface area contributed by atoms with Crippen molar-refractivity contribution in [3.8, 4) is 5.75 Å². The highest BCUT2D eigenvalue weighted by Gasteiger charge is 2.14. The summed E-state index contributed by atoms with van der Waals surface area (Å²) in [5.74, 6) is -0.0287. The zero-order chi connectivity index (χ0) is 11.4. The Hall–Kier alpha value is -0.440. The molecule has 1 aromatic carbocycles. The van der Waals surface area contributed by atoms with Crippen molar-refractivity contribution in [2.75, 3.05) is 5.88 Å². The Balaban J connectivity index is 2.98. The van der Waals surface area contributed by atoms with Gasteiger partial charge >= 0.3 is 0 Å². The van der Waals surface area contributed by atoms with Gasteiger partial charge in [-0.25, -0.2) is 0 Å². The Labute approximate surface area is 103 Å². The highest BCUT2D eigenvalue weighted by molar-refractivity contribution is 6.36. The van der Waals surface area contributed by atoms with Gasteiger partial charge in [-0.3, -0.25) is 4.79 Å². The summed E-state index contributed by atoms with van der Waals surface area (Å²) in [4.78, 5) is 11.6. The Bertz CT molecular complexity index is 377. The molecule has 0 saturated heterocycles. The largest absolute Gasteiger partial charge is 0.506 e. The topological polar surface area (TPSA) is 37.3 Å². The summed E-state index contributed by atoms with van der Waals surface area (Å²) in [5.41, 5.74) is 0.151. The van der Waals surface area contributed by atoms with Crippen LogP contribution in [0.3, 0.4) is 0 Å². The Kier molecular flexibility index (Phi) is 4.71. The van der Waals surface area contributed by atoms with Gasteiger partial charge in [0.05, 0.1) is 10.6 Å². The first-order valence-electron chi connectivity index (χ1n) is 4.33. The lowest BCUT2D eigenvalue weighted by Gasteiger charge is -2.05. The van der Waals surface area contributed by atoms with Gasteiger partial charge in [-0.15, -0.1) is 11.6 Å². The van der Waals surface area contributed by atoms with E-state index in [0.29, 0.717) is 17.3 Å². The predicted octanol–water partition coefficient (Wildman–Crippen LogP) is 3.90. The van der Waals surface area contributed by atoms with E-state index >= 15 is 0 Å². The summed E-state index contributed by atoms with van der Waals surface area (Å²) < 4.78 is 0. The van der Waals surface area contributed by atoms with E-state index in [4.69, 9.17) is 34.8 Å². The van der Waals surface area contributed by atoms with Crippen LogP contribution in [0, 0.1) is 0 Å². The van der Waals surface area contributed by atoms with E-state index in [1.54, 1.807) is 0 Å². The maximum atomic E-state index is 11.6. The number of carbonyl (C=O) groups excluding carboxylic acids is 1. The van der Waals surface area contributed by atoms with Crippen LogP contribution in [0.2, 0.25) is 10.0 Å². The molecule has 0 unspecified atom stereocenters. The minimum atomic E-state index is -0.222. The fourth-order valence-corrected chi connectivity index (χ4v) is 1.77. The number of hydrogen-bond acceptors (Lipinski definition) is 2. The predicted molar refractivity (Wildman–Crippen MR) is 62.4 cm³/mol. The van der Waals surface area contributed by atoms with Crippen LogP contribution < -0.4 is 0 Å². The number of phenols is 1. The SMILES string of the molecule is O=C(CCCCl)c1cc(Cl)cc(Cl)c1O. The van der Waals surface area contributed by atoms with Gasteiger partial charge in [0.2, 0.25) is 0 Å². The molecule has 0 saturated carbocycles. The number of rotatable bonds is 4. The lowest BCUT2D eigenvalue weighted by Crippen LogP contribution is -2.00. The lowest BCUT2D eigenvalue weighted by atomic mass is 10.1. The molecule has 0 aliphatic rings. The van der Waals surface area contributed by atoms with Gasteiger partial charge in [0.25, 0.3) is 0 Å². The summed E-state index contributed by atoms with van der Waals surface area (Å²) in [6.45, 7) is 0. The van der Waals surface area contributed by atoms with Crippen molar-refractivity contribution in [2.45, 2.75) is 12.8 Å². The van der Waals surface area contributed by atoms with Crippen molar-refractivity contribution in [3.05, 3.63) is 27.7 Å². The first kappa shape index (κ1) is 12.6. The number of halogens is 3. The third kappa shape index (κ3) is 3.26. The Morgan fingerprint density at radius 2 is 2.00 bits per heavy atom. The molecule has 0 fully saturated rings. The van der Waals surface area contributed by atoms with Crippen molar-refractivity contribution in [2.24, 2.45) is 0 Å². The number of phenolic OH excluding ortho intramolecular Hbond substituents is 1. The van der Waals surface area contributed by atoms with Crippen LogP contribution in [0.15, 0.2) is 12.1 Å². The second kappa shape index (κ2) is 5.59. The number of aromatic hydroxyl groups is 1. The van der Waals surface area contributed by atoms with Crippen molar-refractivity contribution in [1.29, 1.82) is 0 Å². The monoisotopic (exact) mass is 266 g/mol. The van der Waals surface area contributed by atoms with Crippen LogP contribution in [0.1, 0.15) is 23.2 Å². The molecule has 82 valence electrons. The zero-order valence-corrected chi connectivity index (χ0v) is 10.0. The van der Waals surface area contributed by atoms with Crippen LogP contribution in [0.4, 0.5) is 0 Å².